The van der Waals surface area contributed by atoms with Gasteiger partial charge in [-0.1, -0.05) is 31.5 Å². The Morgan fingerprint density at radius 3 is 2.54 bits per heavy atom. The van der Waals surface area contributed by atoms with Crippen LogP contribution in [0.4, 0.5) is 0 Å². The molecule has 1 saturated heterocycles. The molecule has 1 heterocycles. The van der Waals surface area contributed by atoms with E-state index >= 15 is 0 Å². The number of aliphatic hydroxyl groups excluding tert-OH is 3. The number of rotatable bonds is 7. The highest BCUT2D eigenvalue weighted by atomic mass is 16.7. The average molecular weight is 340 g/mol. The third kappa shape index (κ3) is 4.52. The molecule has 3 N–H and O–H groups in total. The van der Waals surface area contributed by atoms with Crippen molar-refractivity contribution < 1.29 is 34.3 Å². The lowest BCUT2D eigenvalue weighted by molar-refractivity contribution is -0.293. The van der Waals surface area contributed by atoms with E-state index in [4.69, 9.17) is 14.2 Å². The molecular formula is C17H24O7. The van der Waals surface area contributed by atoms with E-state index in [2.05, 4.69) is 0 Å². The van der Waals surface area contributed by atoms with Gasteiger partial charge < -0.3 is 29.5 Å². The fraction of sp³-hybridized carbons (Fsp3) is 0.588. The zero-order valence-electron chi connectivity index (χ0n) is 13.6. The van der Waals surface area contributed by atoms with E-state index in [0.717, 1.165) is 12.8 Å². The Morgan fingerprint density at radius 2 is 1.92 bits per heavy atom. The summed E-state index contributed by atoms with van der Waals surface area (Å²) < 4.78 is 16.1. The molecule has 0 bridgehead atoms. The van der Waals surface area contributed by atoms with Gasteiger partial charge in [0.2, 0.25) is 0 Å². The second kappa shape index (κ2) is 9.10. The van der Waals surface area contributed by atoms with Gasteiger partial charge in [-0.05, 0) is 18.6 Å². The summed E-state index contributed by atoms with van der Waals surface area (Å²) in [6, 6.07) is 8.31. The quantitative estimate of drug-likeness (QED) is 0.489. The summed E-state index contributed by atoms with van der Waals surface area (Å²) in [5.74, 6) is -0.651. The molecular weight excluding hydrogens is 316 g/mol. The molecule has 0 spiro atoms. The van der Waals surface area contributed by atoms with Crippen molar-refractivity contribution in [1.29, 1.82) is 0 Å². The maximum atomic E-state index is 12.2. The third-order valence-electron chi connectivity index (χ3n) is 3.88. The normalized spacial score (nSPS) is 30.1. The number of hydrogen-bond acceptors (Lipinski definition) is 7. The number of carbonyl (C=O) groups excluding carboxylic acids is 1. The minimum atomic E-state index is -1.50. The molecule has 7 heteroatoms. The highest BCUT2D eigenvalue weighted by molar-refractivity contribution is 5.89. The van der Waals surface area contributed by atoms with Gasteiger partial charge in [-0.2, -0.15) is 0 Å². The van der Waals surface area contributed by atoms with Crippen LogP contribution in [0.15, 0.2) is 30.3 Å². The summed E-state index contributed by atoms with van der Waals surface area (Å²) in [6.45, 7) is 1.84. The standard InChI is InChI=1S/C17H24O7/c1-2-3-9-22-14-13(19)12(10-18)23-17(21)15(14)24-16(20)11-7-5-4-6-8-11/h4-8,12-15,17-19,21H,2-3,9-10H2,1H3/t12?,13-,14?,15+,17-/m1/s1. The van der Waals surface area contributed by atoms with Crippen LogP contribution in [0.3, 0.4) is 0 Å². The highest BCUT2D eigenvalue weighted by Crippen LogP contribution is 2.26. The van der Waals surface area contributed by atoms with E-state index < -0.39 is 43.3 Å². The molecule has 134 valence electrons. The lowest BCUT2D eigenvalue weighted by Gasteiger charge is -2.41. The second-order valence-electron chi connectivity index (χ2n) is 5.66. The van der Waals surface area contributed by atoms with Crippen LogP contribution in [0.25, 0.3) is 0 Å². The molecule has 7 nitrogen and oxygen atoms in total. The minimum Gasteiger partial charge on any atom is -0.450 e. The maximum Gasteiger partial charge on any atom is 0.338 e. The molecule has 1 aromatic rings. The van der Waals surface area contributed by atoms with Gasteiger partial charge in [0.15, 0.2) is 12.4 Å². The molecule has 0 aromatic heterocycles. The molecule has 24 heavy (non-hydrogen) atoms. The van der Waals surface area contributed by atoms with Gasteiger partial charge in [0.05, 0.1) is 12.2 Å². The number of hydrogen-bond donors (Lipinski definition) is 3. The first-order chi connectivity index (χ1) is 11.6. The summed E-state index contributed by atoms with van der Waals surface area (Å²) in [7, 11) is 0. The largest absolute Gasteiger partial charge is 0.450 e. The van der Waals surface area contributed by atoms with Crippen molar-refractivity contribution in [2.24, 2.45) is 0 Å². The van der Waals surface area contributed by atoms with Crippen LogP contribution >= 0.6 is 0 Å². The fourth-order valence-corrected chi connectivity index (χ4v) is 2.50. The van der Waals surface area contributed by atoms with Crippen LogP contribution in [-0.4, -0.2) is 65.2 Å². The van der Waals surface area contributed by atoms with Crippen LogP contribution < -0.4 is 0 Å². The Balaban J connectivity index is 2.11. The van der Waals surface area contributed by atoms with E-state index in [9.17, 15) is 20.1 Å². The Kier molecular flexibility index (Phi) is 7.14. The summed E-state index contributed by atoms with van der Waals surface area (Å²) in [6.07, 6.45) is -4.24. The topological polar surface area (TPSA) is 105 Å². The SMILES string of the molecule is CCCCOC1[C@H](O)C(CO)O[C@@H](O)[C@H]1OC(=O)c1ccccc1. The number of carbonyl (C=O) groups is 1. The molecule has 0 amide bonds. The number of benzene rings is 1. The molecule has 0 aliphatic carbocycles. The van der Waals surface area contributed by atoms with Crippen LogP contribution in [0.1, 0.15) is 30.1 Å². The Hall–Kier alpha value is -1.51. The number of aliphatic hydroxyl groups is 3. The van der Waals surface area contributed by atoms with Gasteiger partial charge in [-0.3, -0.25) is 0 Å². The lowest BCUT2D eigenvalue weighted by atomic mass is 9.98. The predicted molar refractivity (Wildman–Crippen MR) is 84.3 cm³/mol. The lowest BCUT2D eigenvalue weighted by Crippen LogP contribution is -2.60. The van der Waals surface area contributed by atoms with Crippen LogP contribution in [0, 0.1) is 0 Å². The third-order valence-corrected chi connectivity index (χ3v) is 3.88. The van der Waals surface area contributed by atoms with Crippen LogP contribution in [0.5, 0.6) is 0 Å². The Bertz CT molecular complexity index is 507. The van der Waals surface area contributed by atoms with E-state index in [1.165, 1.54) is 0 Å². The first-order valence-electron chi connectivity index (χ1n) is 8.08. The summed E-state index contributed by atoms with van der Waals surface area (Å²) in [5, 5.41) is 29.7. The fourth-order valence-electron chi connectivity index (χ4n) is 2.50. The first kappa shape index (κ1) is 18.8. The number of esters is 1. The van der Waals surface area contributed by atoms with Crippen molar-refractivity contribution in [2.75, 3.05) is 13.2 Å². The van der Waals surface area contributed by atoms with E-state index in [-0.39, 0.29) is 0 Å². The molecule has 2 rings (SSSR count). The second-order valence-corrected chi connectivity index (χ2v) is 5.66. The predicted octanol–water partition coefficient (Wildman–Crippen LogP) is 0.468. The molecule has 0 radical (unpaired) electrons. The first-order valence-corrected chi connectivity index (χ1v) is 8.08. The van der Waals surface area contributed by atoms with E-state index in [1.807, 2.05) is 6.92 Å². The van der Waals surface area contributed by atoms with Gasteiger partial charge in [0.1, 0.15) is 18.3 Å². The molecule has 1 aliphatic rings. The van der Waals surface area contributed by atoms with E-state index in [0.29, 0.717) is 12.2 Å². The van der Waals surface area contributed by atoms with Crippen molar-refractivity contribution in [3.8, 4) is 0 Å². The van der Waals surface area contributed by atoms with Crippen LogP contribution in [0.2, 0.25) is 0 Å². The summed E-state index contributed by atoms with van der Waals surface area (Å²) >= 11 is 0. The zero-order valence-corrected chi connectivity index (χ0v) is 13.6. The van der Waals surface area contributed by atoms with Crippen LogP contribution in [-0.2, 0) is 14.2 Å². The maximum absolute atomic E-state index is 12.2. The molecule has 1 aromatic carbocycles. The van der Waals surface area contributed by atoms with Gasteiger partial charge in [-0.25, -0.2) is 4.79 Å². The van der Waals surface area contributed by atoms with Crippen molar-refractivity contribution in [3.63, 3.8) is 0 Å². The minimum absolute atomic E-state index is 0.316. The van der Waals surface area contributed by atoms with Gasteiger partial charge in [0, 0.05) is 6.61 Å². The summed E-state index contributed by atoms with van der Waals surface area (Å²) in [5.41, 5.74) is 0.316. The zero-order chi connectivity index (χ0) is 17.5. The molecule has 0 saturated carbocycles. The van der Waals surface area contributed by atoms with Crippen molar-refractivity contribution in [3.05, 3.63) is 35.9 Å². The monoisotopic (exact) mass is 340 g/mol. The van der Waals surface area contributed by atoms with Gasteiger partial charge >= 0.3 is 5.97 Å². The average Bonchev–Trinajstić information content (AvgIpc) is 2.60. The van der Waals surface area contributed by atoms with Crippen molar-refractivity contribution >= 4 is 5.97 Å². The van der Waals surface area contributed by atoms with E-state index in [1.54, 1.807) is 30.3 Å². The van der Waals surface area contributed by atoms with Crippen molar-refractivity contribution in [1.82, 2.24) is 0 Å². The van der Waals surface area contributed by atoms with Gasteiger partial charge in [0.25, 0.3) is 0 Å². The highest BCUT2D eigenvalue weighted by Gasteiger charge is 2.47. The Morgan fingerprint density at radius 1 is 1.21 bits per heavy atom. The number of unbranched alkanes of at least 4 members (excludes halogenated alkanes) is 1. The number of ether oxygens (including phenoxy) is 3. The molecule has 1 fully saturated rings. The van der Waals surface area contributed by atoms with Crippen molar-refractivity contribution in [2.45, 2.75) is 50.5 Å². The smallest absolute Gasteiger partial charge is 0.338 e. The Labute approximate surface area is 140 Å². The molecule has 1 aliphatic heterocycles. The molecule has 5 atom stereocenters. The summed E-state index contributed by atoms with van der Waals surface area (Å²) in [4.78, 5) is 12.2. The molecule has 2 unspecified atom stereocenters. The van der Waals surface area contributed by atoms with Gasteiger partial charge in [-0.15, -0.1) is 0 Å².